The number of carbonyl (C=O) groups is 7. The number of hydrogen-bond donors (Lipinski definition) is 4. The first-order valence-electron chi connectivity index (χ1n) is 19.1. The summed E-state index contributed by atoms with van der Waals surface area (Å²) < 4.78 is 2.03. The molecule has 0 saturated heterocycles. The summed E-state index contributed by atoms with van der Waals surface area (Å²) >= 11 is 0. The molecule has 2 aromatic rings. The van der Waals surface area contributed by atoms with Gasteiger partial charge in [0, 0.05) is 73.7 Å². The van der Waals surface area contributed by atoms with Crippen molar-refractivity contribution in [2.24, 2.45) is 18.4 Å². The van der Waals surface area contributed by atoms with E-state index in [9.17, 15) is 38.7 Å². The molecule has 0 fully saturated rings. The van der Waals surface area contributed by atoms with E-state index in [2.05, 4.69) is 16.0 Å². The van der Waals surface area contributed by atoms with E-state index in [1.54, 1.807) is 20.2 Å². The van der Waals surface area contributed by atoms with E-state index in [4.69, 9.17) is 0 Å². The number of aliphatic carboxylic acids is 1. The second-order valence-electron chi connectivity index (χ2n) is 16.7. The van der Waals surface area contributed by atoms with Crippen LogP contribution in [0.5, 0.6) is 0 Å². The van der Waals surface area contributed by atoms with Crippen molar-refractivity contribution in [3.8, 4) is 0 Å². The third kappa shape index (κ3) is 10.8. The Morgan fingerprint density at radius 1 is 0.929 bits per heavy atom. The number of fused-ring (bicyclic) bond motifs is 1. The van der Waals surface area contributed by atoms with Crippen LogP contribution in [-0.2, 0) is 46.0 Å². The number of carbonyl (C=O) groups excluding carboxylic acids is 6. The van der Waals surface area contributed by atoms with Crippen LogP contribution < -0.4 is 16.0 Å². The minimum atomic E-state index is -1.35. The first-order valence-corrected chi connectivity index (χ1v) is 19.1. The molecule has 0 aliphatic carbocycles. The molecule has 1 aliphatic rings. The molecule has 56 heavy (non-hydrogen) atoms. The molecular formula is C42H60N6O8. The minimum absolute atomic E-state index is 0.0420. The molecular weight excluding hydrogens is 716 g/mol. The lowest BCUT2D eigenvalue weighted by Crippen LogP contribution is -2.61. The molecule has 0 unspecified atom stereocenters. The lowest BCUT2D eigenvalue weighted by molar-refractivity contribution is -0.142. The predicted octanol–water partition coefficient (Wildman–Crippen LogP) is 3.63. The van der Waals surface area contributed by atoms with E-state index in [1.807, 2.05) is 90.5 Å². The highest BCUT2D eigenvalue weighted by Crippen LogP contribution is 2.35. The molecule has 14 nitrogen and oxygen atoms in total. The monoisotopic (exact) mass is 776 g/mol. The van der Waals surface area contributed by atoms with E-state index >= 15 is 0 Å². The largest absolute Gasteiger partial charge is 0.480 e. The van der Waals surface area contributed by atoms with Crippen molar-refractivity contribution in [3.05, 3.63) is 59.8 Å². The summed E-state index contributed by atoms with van der Waals surface area (Å²) in [6.45, 7) is 15.0. The van der Waals surface area contributed by atoms with Gasteiger partial charge >= 0.3 is 5.97 Å². The number of likely N-dealkylation sites (N-methyl/N-ethyl adjacent to an activating group) is 2. The van der Waals surface area contributed by atoms with Gasteiger partial charge in [-0.1, -0.05) is 72.7 Å². The number of aryl methyl sites for hydroxylation is 1. The fourth-order valence-electron chi connectivity index (χ4n) is 7.18. The number of Topliss-reactive ketones (excluding diaryl/α,β-unsaturated/α-hetero) is 1. The SMILES string of the molecule is CN[C@H](C(=O)N[C@H](C(=O)N(C)[C@H](/C=C(\C)C(=O)N[C@H](CCC(=O)CCCN1C(=O)C=CC1=O)C(=O)O)C(C)C)C(C)(C)C)C(C)(C)c1cn(C)c2ccccc12. The molecule has 0 spiro atoms. The van der Waals surface area contributed by atoms with Crippen LogP contribution in [0.25, 0.3) is 10.9 Å². The number of carboxylic acids is 1. The van der Waals surface area contributed by atoms with Crippen LogP contribution in [0.1, 0.15) is 86.6 Å². The molecule has 0 saturated carbocycles. The number of nitrogens with one attached hydrogen (secondary N) is 3. The van der Waals surface area contributed by atoms with Gasteiger partial charge in [0.1, 0.15) is 17.9 Å². The lowest BCUT2D eigenvalue weighted by Gasteiger charge is -2.39. The van der Waals surface area contributed by atoms with Crippen molar-refractivity contribution in [2.75, 3.05) is 20.6 Å². The molecule has 5 amide bonds. The van der Waals surface area contributed by atoms with Crippen molar-refractivity contribution < 1.29 is 38.7 Å². The van der Waals surface area contributed by atoms with Crippen LogP contribution in [-0.4, -0.2) is 106 Å². The third-order valence-corrected chi connectivity index (χ3v) is 10.6. The zero-order chi connectivity index (χ0) is 42.3. The van der Waals surface area contributed by atoms with E-state index in [0.717, 1.165) is 33.5 Å². The average molecular weight is 777 g/mol. The van der Waals surface area contributed by atoms with E-state index < -0.39 is 58.7 Å². The van der Waals surface area contributed by atoms with Crippen LogP contribution in [0, 0.1) is 11.3 Å². The van der Waals surface area contributed by atoms with Gasteiger partial charge in [-0.05, 0) is 49.8 Å². The molecule has 2 heterocycles. The zero-order valence-electron chi connectivity index (χ0n) is 34.7. The highest BCUT2D eigenvalue weighted by Gasteiger charge is 2.42. The first kappa shape index (κ1) is 45.3. The normalized spacial score (nSPS) is 15.9. The second-order valence-corrected chi connectivity index (χ2v) is 16.7. The molecule has 14 heteroatoms. The first-order chi connectivity index (χ1) is 26.0. The van der Waals surface area contributed by atoms with Gasteiger partial charge in [0.2, 0.25) is 17.7 Å². The molecule has 0 radical (unpaired) electrons. The molecule has 1 aliphatic heterocycles. The summed E-state index contributed by atoms with van der Waals surface area (Å²) in [6.07, 6.45) is 5.98. The van der Waals surface area contributed by atoms with Crippen LogP contribution in [0.4, 0.5) is 0 Å². The van der Waals surface area contributed by atoms with Crippen molar-refractivity contribution in [1.29, 1.82) is 0 Å². The number of rotatable bonds is 19. The Morgan fingerprint density at radius 2 is 1.54 bits per heavy atom. The van der Waals surface area contributed by atoms with Gasteiger partial charge in [0.05, 0.1) is 12.1 Å². The maximum atomic E-state index is 14.3. The standard InChI is InChI=1S/C42H60N6O8/c1-25(2)32(23-26(3)37(52)44-30(40(55)56)19-18-27(49)15-14-22-48-33(50)20-21-34(48)51)47(11)39(54)36(41(4,5)6)45-38(53)35(43-9)42(7,8)29-24-46(10)31-17-13-12-16-28(29)31/h12-13,16-17,20-21,23-25,30,32,35-36,43H,14-15,18-19,22H2,1-11H3,(H,44,52)(H,45,53)(H,55,56)/b26-23+/t30-,32-,35-,36-/m1/s1. The number of benzene rings is 1. The molecule has 0 bridgehead atoms. The average Bonchev–Trinajstić information content (AvgIpc) is 3.63. The number of carboxylic acid groups (broad SMARTS) is 1. The van der Waals surface area contributed by atoms with E-state index in [-0.39, 0.29) is 61.3 Å². The fraction of sp³-hybridized carbons (Fsp3) is 0.548. The number of amides is 5. The summed E-state index contributed by atoms with van der Waals surface area (Å²) in [5, 5.41) is 19.6. The van der Waals surface area contributed by atoms with Gasteiger partial charge in [-0.25, -0.2) is 4.79 Å². The van der Waals surface area contributed by atoms with Gasteiger partial charge < -0.3 is 30.5 Å². The summed E-state index contributed by atoms with van der Waals surface area (Å²) in [5.74, 6) is -3.98. The highest BCUT2D eigenvalue weighted by atomic mass is 16.4. The van der Waals surface area contributed by atoms with E-state index in [0.29, 0.717) is 0 Å². The van der Waals surface area contributed by atoms with Crippen molar-refractivity contribution >= 4 is 52.2 Å². The molecule has 3 rings (SSSR count). The van der Waals surface area contributed by atoms with Crippen molar-refractivity contribution in [3.63, 3.8) is 0 Å². The summed E-state index contributed by atoms with van der Waals surface area (Å²) in [4.78, 5) is 92.3. The molecule has 4 atom stereocenters. The lowest BCUT2D eigenvalue weighted by atomic mass is 9.76. The van der Waals surface area contributed by atoms with Gasteiger partial charge in [0.25, 0.3) is 11.8 Å². The smallest absolute Gasteiger partial charge is 0.326 e. The van der Waals surface area contributed by atoms with Crippen molar-refractivity contribution in [1.82, 2.24) is 30.3 Å². The summed E-state index contributed by atoms with van der Waals surface area (Å²) in [6, 6.07) is 4.40. The number of nitrogens with zero attached hydrogens (tertiary/aromatic N) is 3. The maximum absolute atomic E-state index is 14.3. The number of aromatic nitrogens is 1. The Hall–Kier alpha value is -5.11. The number of para-hydroxylation sites is 1. The van der Waals surface area contributed by atoms with Gasteiger partial charge in [-0.2, -0.15) is 0 Å². The van der Waals surface area contributed by atoms with Crippen LogP contribution in [0.15, 0.2) is 54.3 Å². The number of hydrogen-bond acceptors (Lipinski definition) is 8. The predicted molar refractivity (Wildman–Crippen MR) is 214 cm³/mol. The van der Waals surface area contributed by atoms with Gasteiger partial charge in [-0.3, -0.25) is 33.7 Å². The molecule has 1 aromatic heterocycles. The molecule has 1 aromatic carbocycles. The summed E-state index contributed by atoms with van der Waals surface area (Å²) in [5.41, 5.74) is 0.823. The topological polar surface area (TPSA) is 187 Å². The Balaban J connectivity index is 1.72. The third-order valence-electron chi connectivity index (χ3n) is 10.6. The Labute approximate surface area is 330 Å². The summed E-state index contributed by atoms with van der Waals surface area (Å²) in [7, 11) is 5.31. The Morgan fingerprint density at radius 3 is 2.09 bits per heavy atom. The number of imide groups is 1. The highest BCUT2D eigenvalue weighted by molar-refractivity contribution is 6.12. The van der Waals surface area contributed by atoms with Crippen LogP contribution in [0.3, 0.4) is 0 Å². The minimum Gasteiger partial charge on any atom is -0.480 e. The Bertz CT molecular complexity index is 1870. The van der Waals surface area contributed by atoms with Crippen molar-refractivity contribution in [2.45, 2.75) is 111 Å². The fourth-order valence-corrected chi connectivity index (χ4v) is 7.18. The Kier molecular flexibility index (Phi) is 15.1. The zero-order valence-corrected chi connectivity index (χ0v) is 34.7. The maximum Gasteiger partial charge on any atom is 0.326 e. The van der Waals surface area contributed by atoms with E-state index in [1.165, 1.54) is 11.8 Å². The van der Waals surface area contributed by atoms with Crippen LogP contribution >= 0.6 is 0 Å². The molecule has 306 valence electrons. The van der Waals surface area contributed by atoms with Gasteiger partial charge in [0.15, 0.2) is 0 Å². The quantitative estimate of drug-likeness (QED) is 0.122. The molecule has 4 N–H and O–H groups in total. The van der Waals surface area contributed by atoms with Gasteiger partial charge in [-0.15, -0.1) is 0 Å². The van der Waals surface area contributed by atoms with Crippen LogP contribution in [0.2, 0.25) is 0 Å². The second kappa shape index (κ2) is 18.7. The number of ketones is 1.